The topological polar surface area (TPSA) is 75.7 Å². The van der Waals surface area contributed by atoms with Gasteiger partial charge in [-0.15, -0.1) is 0 Å². The van der Waals surface area contributed by atoms with Crippen molar-refractivity contribution in [3.05, 3.63) is 66.7 Å². The smallest absolute Gasteiger partial charge is 0.243 e. The van der Waals surface area contributed by atoms with Crippen LogP contribution in [0, 0.1) is 5.92 Å². The molecule has 0 spiro atoms. The van der Waals surface area contributed by atoms with Crippen LogP contribution in [0.1, 0.15) is 12.8 Å². The van der Waals surface area contributed by atoms with Crippen molar-refractivity contribution in [3.8, 4) is 5.75 Å². The van der Waals surface area contributed by atoms with E-state index in [2.05, 4.69) is 5.32 Å². The fraction of sp³-hybridized carbons (Fsp3) is 0.261. The van der Waals surface area contributed by atoms with Crippen LogP contribution in [0.15, 0.2) is 71.6 Å². The maximum atomic E-state index is 13.2. The highest BCUT2D eigenvalue weighted by atomic mass is 32.2. The average molecular weight is 425 g/mol. The summed E-state index contributed by atoms with van der Waals surface area (Å²) in [4.78, 5) is 13.0. The number of nitrogens with zero attached hydrogens (tertiary/aromatic N) is 1. The minimum absolute atomic E-state index is 0.168. The van der Waals surface area contributed by atoms with Gasteiger partial charge in [0.15, 0.2) is 0 Å². The summed E-state index contributed by atoms with van der Waals surface area (Å²) in [6.45, 7) is 0.596. The van der Waals surface area contributed by atoms with Gasteiger partial charge in [0.2, 0.25) is 15.9 Å². The van der Waals surface area contributed by atoms with Crippen LogP contribution in [0.5, 0.6) is 5.75 Å². The molecule has 4 rings (SSSR count). The molecule has 3 aromatic rings. The normalized spacial score (nSPS) is 17.6. The number of amides is 1. The Balaban J connectivity index is 1.49. The second-order valence-corrected chi connectivity index (χ2v) is 9.37. The molecular formula is C23H24N2O4S. The number of carbonyl (C=O) groups is 1. The number of ether oxygens (including phenoxy) is 1. The number of sulfonamides is 1. The lowest BCUT2D eigenvalue weighted by atomic mass is 9.99. The van der Waals surface area contributed by atoms with Gasteiger partial charge in [-0.3, -0.25) is 4.79 Å². The van der Waals surface area contributed by atoms with Crippen molar-refractivity contribution in [1.29, 1.82) is 0 Å². The van der Waals surface area contributed by atoms with Crippen molar-refractivity contribution < 1.29 is 17.9 Å². The lowest BCUT2D eigenvalue weighted by Crippen LogP contribution is -2.43. The maximum Gasteiger partial charge on any atom is 0.243 e. The number of anilines is 1. The van der Waals surface area contributed by atoms with E-state index in [1.165, 1.54) is 4.31 Å². The van der Waals surface area contributed by atoms with Gasteiger partial charge in [0.1, 0.15) is 5.75 Å². The summed E-state index contributed by atoms with van der Waals surface area (Å²) in [6, 6.07) is 19.9. The van der Waals surface area contributed by atoms with E-state index in [1.54, 1.807) is 43.5 Å². The molecule has 0 aromatic heterocycles. The van der Waals surface area contributed by atoms with Crippen LogP contribution >= 0.6 is 0 Å². The summed E-state index contributed by atoms with van der Waals surface area (Å²) in [5, 5.41) is 4.75. The van der Waals surface area contributed by atoms with E-state index in [-0.39, 0.29) is 17.3 Å². The highest BCUT2D eigenvalue weighted by molar-refractivity contribution is 7.89. The molecule has 1 aliphatic rings. The van der Waals surface area contributed by atoms with Crippen LogP contribution in [0.2, 0.25) is 0 Å². The zero-order valence-corrected chi connectivity index (χ0v) is 17.6. The van der Waals surface area contributed by atoms with E-state index < -0.39 is 15.9 Å². The summed E-state index contributed by atoms with van der Waals surface area (Å²) < 4.78 is 33.0. The molecule has 1 aliphatic heterocycles. The number of nitrogens with one attached hydrogen (secondary N) is 1. The molecular weight excluding hydrogens is 400 g/mol. The predicted molar refractivity (Wildman–Crippen MR) is 117 cm³/mol. The van der Waals surface area contributed by atoms with Gasteiger partial charge in [-0.2, -0.15) is 4.31 Å². The number of fused-ring (bicyclic) bond motifs is 1. The summed E-state index contributed by atoms with van der Waals surface area (Å²) in [6.07, 6.45) is 1.30. The number of carbonyl (C=O) groups excluding carboxylic acids is 1. The van der Waals surface area contributed by atoms with E-state index in [0.717, 1.165) is 10.8 Å². The van der Waals surface area contributed by atoms with Crippen molar-refractivity contribution in [1.82, 2.24) is 4.31 Å². The maximum absolute atomic E-state index is 13.2. The predicted octanol–water partition coefficient (Wildman–Crippen LogP) is 3.89. The Morgan fingerprint density at radius 3 is 2.50 bits per heavy atom. The van der Waals surface area contributed by atoms with Crippen molar-refractivity contribution in [2.75, 3.05) is 25.5 Å². The van der Waals surface area contributed by atoms with Gasteiger partial charge in [0, 0.05) is 18.8 Å². The van der Waals surface area contributed by atoms with Crippen molar-refractivity contribution in [2.24, 2.45) is 5.92 Å². The van der Waals surface area contributed by atoms with Gasteiger partial charge < -0.3 is 10.1 Å². The monoisotopic (exact) mass is 424 g/mol. The molecule has 0 saturated carbocycles. The lowest BCUT2D eigenvalue weighted by molar-refractivity contribution is -0.120. The number of methoxy groups -OCH3 is 1. The minimum Gasteiger partial charge on any atom is -0.497 e. The third kappa shape index (κ3) is 4.17. The minimum atomic E-state index is -3.66. The molecule has 156 valence electrons. The number of hydrogen-bond donors (Lipinski definition) is 1. The van der Waals surface area contributed by atoms with Crippen molar-refractivity contribution in [2.45, 2.75) is 17.7 Å². The first-order chi connectivity index (χ1) is 14.5. The summed E-state index contributed by atoms with van der Waals surface area (Å²) in [5.41, 5.74) is 0.662. The molecule has 6 nitrogen and oxygen atoms in total. The molecule has 1 atom stereocenters. The first-order valence-corrected chi connectivity index (χ1v) is 11.4. The lowest BCUT2D eigenvalue weighted by Gasteiger charge is -2.31. The fourth-order valence-corrected chi connectivity index (χ4v) is 5.33. The van der Waals surface area contributed by atoms with Crippen LogP contribution in [-0.4, -0.2) is 38.8 Å². The standard InChI is InChI=1S/C23H24N2O4S/c1-29-21-11-9-20(10-12-21)24-23(26)19-7-4-14-25(16-19)30(27,28)22-13-8-17-5-2-3-6-18(17)15-22/h2-3,5-6,8-13,15,19H,4,7,14,16H2,1H3,(H,24,26)/t19-/m1/s1. The van der Waals surface area contributed by atoms with Crippen molar-refractivity contribution in [3.63, 3.8) is 0 Å². The fourth-order valence-electron chi connectivity index (χ4n) is 3.77. The molecule has 0 unspecified atom stereocenters. The van der Waals surface area contributed by atoms with E-state index in [9.17, 15) is 13.2 Å². The van der Waals surface area contributed by atoms with Gasteiger partial charge in [-0.25, -0.2) is 8.42 Å². The van der Waals surface area contributed by atoms with Crippen LogP contribution in [0.3, 0.4) is 0 Å². The Kier molecular flexibility index (Phi) is 5.74. The summed E-state index contributed by atoms with van der Waals surface area (Å²) in [5.74, 6) is 0.146. The highest BCUT2D eigenvalue weighted by Gasteiger charge is 2.33. The van der Waals surface area contributed by atoms with E-state index in [4.69, 9.17) is 4.74 Å². The third-order valence-electron chi connectivity index (χ3n) is 5.47. The third-order valence-corrected chi connectivity index (χ3v) is 7.33. The average Bonchev–Trinajstić information content (AvgIpc) is 2.79. The quantitative estimate of drug-likeness (QED) is 0.674. The Morgan fingerprint density at radius 2 is 1.77 bits per heavy atom. The van der Waals surface area contributed by atoms with Crippen LogP contribution in [0.4, 0.5) is 5.69 Å². The highest BCUT2D eigenvalue weighted by Crippen LogP contribution is 2.27. The second-order valence-electron chi connectivity index (χ2n) is 7.43. The molecule has 3 aromatic carbocycles. The Hall–Kier alpha value is -2.90. The van der Waals surface area contributed by atoms with Crippen LogP contribution in [0.25, 0.3) is 10.8 Å². The van der Waals surface area contributed by atoms with Gasteiger partial charge in [0.05, 0.1) is 17.9 Å². The van der Waals surface area contributed by atoms with Gasteiger partial charge in [-0.1, -0.05) is 30.3 Å². The van der Waals surface area contributed by atoms with Gasteiger partial charge in [0.25, 0.3) is 0 Å². The molecule has 1 amide bonds. The zero-order chi connectivity index (χ0) is 21.1. The number of hydrogen-bond acceptors (Lipinski definition) is 4. The van der Waals surface area contributed by atoms with E-state index in [1.807, 2.05) is 30.3 Å². The molecule has 1 saturated heterocycles. The first kappa shape index (κ1) is 20.4. The van der Waals surface area contributed by atoms with E-state index >= 15 is 0 Å². The molecule has 1 fully saturated rings. The summed E-state index contributed by atoms with van der Waals surface area (Å²) >= 11 is 0. The molecule has 0 bridgehead atoms. The summed E-state index contributed by atoms with van der Waals surface area (Å²) in [7, 11) is -2.08. The molecule has 1 N–H and O–H groups in total. The number of benzene rings is 3. The second kappa shape index (κ2) is 8.45. The van der Waals surface area contributed by atoms with Gasteiger partial charge in [-0.05, 0) is 60.0 Å². The Labute approximate surface area is 176 Å². The number of rotatable bonds is 5. The van der Waals surface area contributed by atoms with E-state index in [0.29, 0.717) is 30.8 Å². The van der Waals surface area contributed by atoms with Gasteiger partial charge >= 0.3 is 0 Å². The molecule has 0 radical (unpaired) electrons. The Morgan fingerprint density at radius 1 is 1.03 bits per heavy atom. The van der Waals surface area contributed by atoms with Crippen molar-refractivity contribution >= 4 is 32.4 Å². The molecule has 30 heavy (non-hydrogen) atoms. The number of piperidine rings is 1. The SMILES string of the molecule is COc1ccc(NC(=O)[C@@H]2CCCN(S(=O)(=O)c3ccc4ccccc4c3)C2)cc1. The molecule has 1 heterocycles. The zero-order valence-electron chi connectivity index (χ0n) is 16.7. The largest absolute Gasteiger partial charge is 0.497 e. The molecule has 0 aliphatic carbocycles. The molecule has 7 heteroatoms. The Bertz CT molecular complexity index is 1160. The van der Waals surface area contributed by atoms with Crippen LogP contribution < -0.4 is 10.1 Å². The first-order valence-electron chi connectivity index (χ1n) is 9.91. The van der Waals surface area contributed by atoms with Crippen LogP contribution in [-0.2, 0) is 14.8 Å².